The van der Waals surface area contributed by atoms with E-state index in [0.717, 1.165) is 19.0 Å². The summed E-state index contributed by atoms with van der Waals surface area (Å²) in [5.74, 6) is 0. The maximum Gasteiger partial charge on any atom is -0.0194 e. The quantitative estimate of drug-likeness (QED) is 0.343. The van der Waals surface area contributed by atoms with E-state index in [2.05, 4.69) is 67.3 Å². The normalized spacial score (nSPS) is 13.3. The van der Waals surface area contributed by atoms with Crippen molar-refractivity contribution in [2.45, 2.75) is 40.5 Å². The Morgan fingerprint density at radius 3 is 2.31 bits per heavy atom. The van der Waals surface area contributed by atoms with Crippen molar-refractivity contribution in [1.29, 1.82) is 0 Å². The standard InChI is InChI=1S/C15H25P/c1-13(2)7-5-8-14(3)9-6-10-15(4)11-12-16/h6-7,9-11H,5,8,12,16H2,1-4H3/b10-6+,14-9+,15-11+. The highest BCUT2D eigenvalue weighted by Crippen LogP contribution is 2.07. The number of hydrogen-bond acceptors (Lipinski definition) is 0. The average Bonchev–Trinajstić information content (AvgIpc) is 2.17. The van der Waals surface area contributed by atoms with Crippen LogP contribution in [0.2, 0.25) is 0 Å². The van der Waals surface area contributed by atoms with E-state index in [-0.39, 0.29) is 0 Å². The fourth-order valence-corrected chi connectivity index (χ4v) is 1.66. The molecule has 0 saturated carbocycles. The van der Waals surface area contributed by atoms with Crippen LogP contribution in [-0.4, -0.2) is 6.16 Å². The summed E-state index contributed by atoms with van der Waals surface area (Å²) in [7, 11) is 2.71. The van der Waals surface area contributed by atoms with E-state index >= 15 is 0 Å². The molecule has 0 bridgehead atoms. The van der Waals surface area contributed by atoms with Crippen LogP contribution < -0.4 is 0 Å². The Morgan fingerprint density at radius 1 is 1.06 bits per heavy atom. The lowest BCUT2D eigenvalue weighted by Gasteiger charge is -1.96. The van der Waals surface area contributed by atoms with Gasteiger partial charge < -0.3 is 0 Å². The molecule has 16 heavy (non-hydrogen) atoms. The van der Waals surface area contributed by atoms with E-state index < -0.39 is 0 Å². The zero-order chi connectivity index (χ0) is 12.4. The second-order valence-corrected chi connectivity index (χ2v) is 4.85. The summed E-state index contributed by atoms with van der Waals surface area (Å²) in [5, 5.41) is 0. The first-order valence-electron chi connectivity index (χ1n) is 5.90. The number of allylic oxidation sites excluding steroid dienone is 8. The molecule has 0 rings (SSSR count). The van der Waals surface area contributed by atoms with Gasteiger partial charge in [0.05, 0.1) is 0 Å². The summed E-state index contributed by atoms with van der Waals surface area (Å²) in [6.07, 6.45) is 14.3. The minimum Gasteiger partial charge on any atom is -0.134 e. The summed E-state index contributed by atoms with van der Waals surface area (Å²) in [6, 6.07) is 0. The molecular formula is C15H25P. The summed E-state index contributed by atoms with van der Waals surface area (Å²) in [6.45, 7) is 8.62. The van der Waals surface area contributed by atoms with Crippen molar-refractivity contribution in [3.05, 3.63) is 47.1 Å². The van der Waals surface area contributed by atoms with Crippen molar-refractivity contribution in [3.8, 4) is 0 Å². The van der Waals surface area contributed by atoms with Crippen molar-refractivity contribution >= 4 is 9.24 Å². The minimum atomic E-state index is 1.03. The fourth-order valence-electron chi connectivity index (χ4n) is 1.29. The van der Waals surface area contributed by atoms with Crippen LogP contribution in [0.4, 0.5) is 0 Å². The Bertz CT molecular complexity index is 299. The zero-order valence-electron chi connectivity index (χ0n) is 11.1. The highest BCUT2D eigenvalue weighted by molar-refractivity contribution is 7.16. The molecule has 0 aliphatic carbocycles. The molecule has 0 amide bonds. The Hall–Kier alpha value is -0.610. The van der Waals surface area contributed by atoms with Crippen molar-refractivity contribution < 1.29 is 0 Å². The van der Waals surface area contributed by atoms with Crippen LogP contribution >= 0.6 is 9.24 Å². The SMILES string of the molecule is CC(C)=CCC/C(C)=C/C=C/C(C)=C/CP. The molecule has 90 valence electrons. The first-order chi connectivity index (χ1) is 7.56. The van der Waals surface area contributed by atoms with Crippen LogP contribution in [0.25, 0.3) is 0 Å². The fraction of sp³-hybridized carbons (Fsp3) is 0.467. The van der Waals surface area contributed by atoms with E-state index in [1.807, 2.05) is 0 Å². The van der Waals surface area contributed by atoms with Gasteiger partial charge in [-0.2, -0.15) is 0 Å². The van der Waals surface area contributed by atoms with Gasteiger partial charge in [0.25, 0.3) is 0 Å². The Kier molecular flexibility index (Phi) is 9.24. The van der Waals surface area contributed by atoms with Crippen LogP contribution in [0.15, 0.2) is 47.1 Å². The zero-order valence-corrected chi connectivity index (χ0v) is 12.2. The van der Waals surface area contributed by atoms with E-state index in [0.29, 0.717) is 0 Å². The third-order valence-corrected chi connectivity index (χ3v) is 2.51. The van der Waals surface area contributed by atoms with Crippen LogP contribution in [0.3, 0.4) is 0 Å². The molecule has 0 aromatic heterocycles. The van der Waals surface area contributed by atoms with Gasteiger partial charge in [-0.05, 0) is 46.7 Å². The summed E-state index contributed by atoms with van der Waals surface area (Å²) in [5.41, 5.74) is 4.17. The molecule has 0 saturated heterocycles. The lowest BCUT2D eigenvalue weighted by Crippen LogP contribution is -1.76. The molecule has 0 fully saturated rings. The van der Waals surface area contributed by atoms with Gasteiger partial charge in [-0.25, -0.2) is 0 Å². The highest BCUT2D eigenvalue weighted by Gasteiger charge is 1.86. The van der Waals surface area contributed by atoms with Crippen LogP contribution in [-0.2, 0) is 0 Å². The first kappa shape index (κ1) is 15.4. The third kappa shape index (κ3) is 9.93. The monoisotopic (exact) mass is 236 g/mol. The van der Waals surface area contributed by atoms with Gasteiger partial charge in [-0.1, -0.05) is 47.1 Å². The maximum absolute atomic E-state index is 2.71. The lowest BCUT2D eigenvalue weighted by atomic mass is 10.1. The molecule has 0 aromatic rings. The van der Waals surface area contributed by atoms with Crippen LogP contribution in [0, 0.1) is 0 Å². The molecule has 0 aliphatic heterocycles. The van der Waals surface area contributed by atoms with Gasteiger partial charge in [0.1, 0.15) is 0 Å². The summed E-state index contributed by atoms with van der Waals surface area (Å²) in [4.78, 5) is 0. The van der Waals surface area contributed by atoms with Gasteiger partial charge in [0, 0.05) is 0 Å². The second-order valence-electron chi connectivity index (χ2n) is 4.38. The van der Waals surface area contributed by atoms with Crippen LogP contribution in [0.1, 0.15) is 40.5 Å². The van der Waals surface area contributed by atoms with E-state index in [1.54, 1.807) is 0 Å². The Balaban J connectivity index is 4.04. The Morgan fingerprint density at radius 2 is 1.75 bits per heavy atom. The lowest BCUT2D eigenvalue weighted by molar-refractivity contribution is 0.967. The molecule has 1 heteroatoms. The predicted octanol–water partition coefficient (Wildman–Crippen LogP) is 5.06. The van der Waals surface area contributed by atoms with Crippen molar-refractivity contribution in [2.75, 3.05) is 6.16 Å². The highest BCUT2D eigenvalue weighted by atomic mass is 31.0. The second kappa shape index (κ2) is 9.60. The van der Waals surface area contributed by atoms with E-state index in [1.165, 1.54) is 16.7 Å². The number of rotatable bonds is 6. The molecule has 1 unspecified atom stereocenters. The largest absolute Gasteiger partial charge is 0.134 e. The molecule has 0 N–H and O–H groups in total. The Labute approximate surface area is 103 Å². The molecule has 0 aliphatic rings. The van der Waals surface area contributed by atoms with Crippen molar-refractivity contribution in [1.82, 2.24) is 0 Å². The molecular weight excluding hydrogens is 211 g/mol. The van der Waals surface area contributed by atoms with Crippen molar-refractivity contribution in [2.24, 2.45) is 0 Å². The van der Waals surface area contributed by atoms with Gasteiger partial charge in [0.15, 0.2) is 0 Å². The smallest absolute Gasteiger partial charge is 0.0194 e. The topological polar surface area (TPSA) is 0 Å². The average molecular weight is 236 g/mol. The van der Waals surface area contributed by atoms with E-state index in [9.17, 15) is 0 Å². The third-order valence-electron chi connectivity index (χ3n) is 2.27. The van der Waals surface area contributed by atoms with Gasteiger partial charge in [-0.15, -0.1) is 9.24 Å². The first-order valence-corrected chi connectivity index (χ1v) is 6.72. The van der Waals surface area contributed by atoms with Crippen LogP contribution in [0.5, 0.6) is 0 Å². The molecule has 1 atom stereocenters. The summed E-state index contributed by atoms with van der Waals surface area (Å²) >= 11 is 0. The molecule has 0 nitrogen and oxygen atoms in total. The summed E-state index contributed by atoms with van der Waals surface area (Å²) < 4.78 is 0. The van der Waals surface area contributed by atoms with Crippen molar-refractivity contribution in [3.63, 3.8) is 0 Å². The number of hydrogen-bond donors (Lipinski definition) is 0. The molecule has 0 spiro atoms. The van der Waals surface area contributed by atoms with Gasteiger partial charge in [0.2, 0.25) is 0 Å². The van der Waals surface area contributed by atoms with E-state index in [4.69, 9.17) is 0 Å². The molecule has 0 heterocycles. The molecule has 0 radical (unpaired) electrons. The van der Waals surface area contributed by atoms with Gasteiger partial charge >= 0.3 is 0 Å². The molecule has 0 aromatic carbocycles. The predicted molar refractivity (Wildman–Crippen MR) is 79.9 cm³/mol. The maximum atomic E-state index is 2.71. The van der Waals surface area contributed by atoms with Gasteiger partial charge in [-0.3, -0.25) is 0 Å². The minimum absolute atomic E-state index is 1.03.